The van der Waals surface area contributed by atoms with E-state index in [1.807, 2.05) is 48.5 Å². The van der Waals surface area contributed by atoms with Crippen LogP contribution in [0.4, 0.5) is 5.95 Å². The van der Waals surface area contributed by atoms with Crippen molar-refractivity contribution >= 4 is 17.0 Å². The molecule has 27 heavy (non-hydrogen) atoms. The summed E-state index contributed by atoms with van der Waals surface area (Å²) in [7, 11) is 0. The van der Waals surface area contributed by atoms with E-state index in [2.05, 4.69) is 25.3 Å². The van der Waals surface area contributed by atoms with Gasteiger partial charge in [0, 0.05) is 12.4 Å². The summed E-state index contributed by atoms with van der Waals surface area (Å²) in [5.41, 5.74) is 0.958. The Morgan fingerprint density at radius 1 is 1.00 bits per heavy atom. The highest BCUT2D eigenvalue weighted by Crippen LogP contribution is 2.07. The summed E-state index contributed by atoms with van der Waals surface area (Å²) in [6, 6.07) is 14.9. The van der Waals surface area contributed by atoms with E-state index >= 15 is 0 Å². The first-order valence-corrected chi connectivity index (χ1v) is 8.38. The summed E-state index contributed by atoms with van der Waals surface area (Å²) in [5.74, 6) is 0.309. The average Bonchev–Trinajstić information content (AvgIpc) is 2.71. The molecule has 134 valence electrons. The molecular weight excluding hydrogens is 344 g/mol. The third-order valence-corrected chi connectivity index (χ3v) is 4.07. The molecule has 0 unspecified atom stereocenters. The van der Waals surface area contributed by atoms with Gasteiger partial charge in [0.05, 0.1) is 18.8 Å². The number of anilines is 1. The second kappa shape index (κ2) is 7.20. The first kappa shape index (κ1) is 16.6. The molecule has 4 rings (SSSR count). The number of hydrogen-bond donors (Lipinski definition) is 2. The van der Waals surface area contributed by atoms with Crippen molar-refractivity contribution in [1.29, 1.82) is 0 Å². The third kappa shape index (κ3) is 3.59. The largest absolute Gasteiger partial charge is 0.349 e. The van der Waals surface area contributed by atoms with Crippen LogP contribution in [0.3, 0.4) is 0 Å². The van der Waals surface area contributed by atoms with Gasteiger partial charge in [0.15, 0.2) is 5.65 Å². The first-order chi connectivity index (χ1) is 13.2. The van der Waals surface area contributed by atoms with Gasteiger partial charge in [-0.15, -0.1) is 0 Å². The van der Waals surface area contributed by atoms with Crippen LogP contribution in [-0.2, 0) is 13.1 Å². The minimum absolute atomic E-state index is 0.185. The van der Waals surface area contributed by atoms with Gasteiger partial charge in [-0.3, -0.25) is 19.3 Å². The van der Waals surface area contributed by atoms with Crippen molar-refractivity contribution in [2.24, 2.45) is 0 Å². The molecule has 0 saturated carbocycles. The van der Waals surface area contributed by atoms with Gasteiger partial charge in [0.1, 0.15) is 5.39 Å². The van der Waals surface area contributed by atoms with Gasteiger partial charge in [-0.1, -0.05) is 36.4 Å². The number of aromatic amines is 1. The standard InChI is InChI=1S/C19H16N6O2/c26-17-15-11-22-18(21-10-14-8-4-5-9-20-14)23-16(15)24-19(27)25(17)12-13-6-2-1-3-7-13/h1-9,11H,10,12H2,(H2,21,22,23,24,27). The van der Waals surface area contributed by atoms with E-state index in [-0.39, 0.29) is 17.6 Å². The maximum atomic E-state index is 12.7. The van der Waals surface area contributed by atoms with E-state index in [0.717, 1.165) is 15.8 Å². The molecule has 0 aliphatic rings. The van der Waals surface area contributed by atoms with E-state index in [1.54, 1.807) is 6.20 Å². The number of fused-ring (bicyclic) bond motifs is 1. The van der Waals surface area contributed by atoms with Crippen LogP contribution in [0.5, 0.6) is 0 Å². The van der Waals surface area contributed by atoms with Crippen molar-refractivity contribution in [3.63, 3.8) is 0 Å². The predicted molar refractivity (Wildman–Crippen MR) is 102 cm³/mol. The van der Waals surface area contributed by atoms with Crippen molar-refractivity contribution < 1.29 is 0 Å². The fraction of sp³-hybridized carbons (Fsp3) is 0.105. The van der Waals surface area contributed by atoms with Gasteiger partial charge in [-0.05, 0) is 17.7 Å². The van der Waals surface area contributed by atoms with E-state index in [0.29, 0.717) is 12.5 Å². The lowest BCUT2D eigenvalue weighted by Crippen LogP contribution is -2.35. The Labute approximate surface area is 153 Å². The van der Waals surface area contributed by atoms with Crippen LogP contribution in [0.25, 0.3) is 11.0 Å². The zero-order valence-corrected chi connectivity index (χ0v) is 14.3. The lowest BCUT2D eigenvalue weighted by molar-refractivity contribution is 0.709. The molecule has 0 fully saturated rings. The number of aromatic nitrogens is 5. The lowest BCUT2D eigenvalue weighted by atomic mass is 10.2. The molecule has 2 N–H and O–H groups in total. The Morgan fingerprint density at radius 3 is 2.59 bits per heavy atom. The van der Waals surface area contributed by atoms with Crippen LogP contribution < -0.4 is 16.6 Å². The van der Waals surface area contributed by atoms with E-state index < -0.39 is 11.2 Å². The van der Waals surface area contributed by atoms with Crippen LogP contribution in [0.15, 0.2) is 70.5 Å². The van der Waals surface area contributed by atoms with Gasteiger partial charge in [0.25, 0.3) is 5.56 Å². The second-order valence-electron chi connectivity index (χ2n) is 5.94. The molecule has 0 spiro atoms. The molecule has 0 aliphatic heterocycles. The fourth-order valence-electron chi connectivity index (χ4n) is 2.71. The Bertz CT molecular complexity index is 1190. The smallest absolute Gasteiger partial charge is 0.330 e. The molecule has 0 saturated heterocycles. The first-order valence-electron chi connectivity index (χ1n) is 8.38. The molecule has 0 radical (unpaired) electrons. The molecular formula is C19H16N6O2. The number of H-pyrrole nitrogens is 1. The maximum absolute atomic E-state index is 12.7. The number of hydrogen-bond acceptors (Lipinski definition) is 6. The molecule has 0 amide bonds. The normalized spacial score (nSPS) is 10.8. The predicted octanol–water partition coefficient (Wildman–Crippen LogP) is 1.54. The van der Waals surface area contributed by atoms with E-state index in [9.17, 15) is 9.59 Å². The molecule has 3 aromatic heterocycles. The summed E-state index contributed by atoms with van der Waals surface area (Å²) in [4.78, 5) is 40.3. The fourth-order valence-corrected chi connectivity index (χ4v) is 2.71. The number of benzene rings is 1. The molecule has 0 atom stereocenters. The van der Waals surface area contributed by atoms with Crippen LogP contribution in [0, 0.1) is 0 Å². The number of nitrogens with zero attached hydrogens (tertiary/aromatic N) is 4. The average molecular weight is 360 g/mol. The van der Waals surface area contributed by atoms with Crippen molar-refractivity contribution in [3.05, 3.63) is 93.0 Å². The monoisotopic (exact) mass is 360 g/mol. The number of pyridine rings is 1. The molecule has 8 nitrogen and oxygen atoms in total. The zero-order valence-electron chi connectivity index (χ0n) is 14.3. The second-order valence-corrected chi connectivity index (χ2v) is 5.94. The lowest BCUT2D eigenvalue weighted by Gasteiger charge is -2.08. The summed E-state index contributed by atoms with van der Waals surface area (Å²) in [6.45, 7) is 0.617. The van der Waals surface area contributed by atoms with Crippen LogP contribution in [0.2, 0.25) is 0 Å². The Hall–Kier alpha value is -3.81. The number of nitrogens with one attached hydrogen (secondary N) is 2. The minimum atomic E-state index is -0.509. The van der Waals surface area contributed by atoms with Crippen LogP contribution in [-0.4, -0.2) is 24.5 Å². The molecule has 0 bridgehead atoms. The summed E-state index contributed by atoms with van der Waals surface area (Å²) in [6.07, 6.45) is 3.12. The third-order valence-electron chi connectivity index (χ3n) is 4.07. The highest BCUT2D eigenvalue weighted by molar-refractivity contribution is 5.73. The Balaban J connectivity index is 1.64. The summed E-state index contributed by atoms with van der Waals surface area (Å²) in [5, 5.41) is 3.29. The quantitative estimate of drug-likeness (QED) is 0.559. The van der Waals surface area contributed by atoms with Gasteiger partial charge in [0.2, 0.25) is 5.95 Å². The maximum Gasteiger partial charge on any atom is 0.330 e. The number of rotatable bonds is 5. The Kier molecular flexibility index (Phi) is 4.44. The van der Waals surface area contributed by atoms with Gasteiger partial charge < -0.3 is 5.32 Å². The van der Waals surface area contributed by atoms with Crippen molar-refractivity contribution in [2.45, 2.75) is 13.1 Å². The van der Waals surface area contributed by atoms with Crippen LogP contribution in [0.1, 0.15) is 11.3 Å². The van der Waals surface area contributed by atoms with Gasteiger partial charge in [-0.25, -0.2) is 9.78 Å². The molecule has 0 aliphatic carbocycles. The summed E-state index contributed by atoms with van der Waals surface area (Å²) >= 11 is 0. The molecule has 4 aromatic rings. The van der Waals surface area contributed by atoms with E-state index in [4.69, 9.17) is 0 Å². The highest BCUT2D eigenvalue weighted by atomic mass is 16.2. The Morgan fingerprint density at radius 2 is 1.81 bits per heavy atom. The van der Waals surface area contributed by atoms with Crippen molar-refractivity contribution in [2.75, 3.05) is 5.32 Å². The minimum Gasteiger partial charge on any atom is -0.349 e. The SMILES string of the molecule is O=c1[nH]c2nc(NCc3ccccn3)ncc2c(=O)n1Cc1ccccc1. The van der Waals surface area contributed by atoms with Crippen molar-refractivity contribution in [3.8, 4) is 0 Å². The van der Waals surface area contributed by atoms with E-state index in [1.165, 1.54) is 6.20 Å². The molecule has 3 heterocycles. The molecule has 8 heteroatoms. The van der Waals surface area contributed by atoms with Crippen LogP contribution >= 0.6 is 0 Å². The zero-order chi connectivity index (χ0) is 18.6. The van der Waals surface area contributed by atoms with Crippen molar-refractivity contribution in [1.82, 2.24) is 24.5 Å². The topological polar surface area (TPSA) is 106 Å². The van der Waals surface area contributed by atoms with Gasteiger partial charge in [-0.2, -0.15) is 4.98 Å². The van der Waals surface area contributed by atoms with Gasteiger partial charge >= 0.3 is 5.69 Å². The molecule has 1 aromatic carbocycles. The summed E-state index contributed by atoms with van der Waals surface area (Å²) < 4.78 is 1.14. The highest BCUT2D eigenvalue weighted by Gasteiger charge is 2.10.